The van der Waals surface area contributed by atoms with Crippen molar-refractivity contribution in [3.63, 3.8) is 0 Å². The van der Waals surface area contributed by atoms with Gasteiger partial charge in [0.05, 0.1) is 10.8 Å². The molecule has 2 aromatic rings. The minimum absolute atomic E-state index is 0.227. The number of hydrogen-bond acceptors (Lipinski definition) is 4. The monoisotopic (exact) mass is 350 g/mol. The average Bonchev–Trinajstić information content (AvgIpc) is 2.86. The third kappa shape index (κ3) is 2.52. The number of ether oxygens (including phenoxy) is 1. The maximum Gasteiger partial charge on any atom is 0.234 e. The van der Waals surface area contributed by atoms with Gasteiger partial charge >= 0.3 is 0 Å². The molecule has 4 rings (SSSR count). The van der Waals surface area contributed by atoms with E-state index in [0.29, 0.717) is 16.9 Å². The standard InChI is InChI=1S/C21H18O3S/c1-12-8-10-13(11-9-12)25-20-16-18(23)17(22)14-6-4-5-7-15(14)19(16)24-21(20,2)3/h4-11,20H,1-3H3. The maximum absolute atomic E-state index is 12.8. The number of thioether (sulfide) groups is 1. The minimum atomic E-state index is -0.576. The van der Waals surface area contributed by atoms with Crippen molar-refractivity contribution in [3.05, 3.63) is 70.8 Å². The zero-order valence-corrected chi connectivity index (χ0v) is 15.1. The van der Waals surface area contributed by atoms with E-state index in [4.69, 9.17) is 4.74 Å². The topological polar surface area (TPSA) is 43.4 Å². The number of aryl methyl sites for hydroxylation is 1. The molecular formula is C21H18O3S. The first-order valence-electron chi connectivity index (χ1n) is 8.23. The number of ketones is 2. The molecule has 3 nitrogen and oxygen atoms in total. The normalized spacial score (nSPS) is 21.0. The van der Waals surface area contributed by atoms with Gasteiger partial charge in [0.15, 0.2) is 0 Å². The molecule has 0 spiro atoms. The summed E-state index contributed by atoms with van der Waals surface area (Å²) in [4.78, 5) is 26.4. The highest BCUT2D eigenvalue weighted by Gasteiger charge is 2.50. The van der Waals surface area contributed by atoms with Gasteiger partial charge in [0, 0.05) is 16.0 Å². The Morgan fingerprint density at radius 2 is 1.56 bits per heavy atom. The Kier molecular flexibility index (Phi) is 3.62. The van der Waals surface area contributed by atoms with Gasteiger partial charge in [-0.1, -0.05) is 42.0 Å². The Balaban J connectivity index is 1.82. The third-order valence-corrected chi connectivity index (χ3v) is 6.23. The second kappa shape index (κ2) is 5.60. The third-order valence-electron chi connectivity index (χ3n) is 4.65. The van der Waals surface area contributed by atoms with Gasteiger partial charge < -0.3 is 4.74 Å². The molecule has 1 atom stereocenters. The molecule has 4 heteroatoms. The number of hydrogen-bond donors (Lipinski definition) is 0. The van der Waals surface area contributed by atoms with Gasteiger partial charge in [-0.3, -0.25) is 9.59 Å². The van der Waals surface area contributed by atoms with Gasteiger partial charge in [-0.05, 0) is 32.9 Å². The lowest BCUT2D eigenvalue weighted by atomic mass is 9.86. The van der Waals surface area contributed by atoms with Crippen molar-refractivity contribution in [2.45, 2.75) is 36.5 Å². The summed E-state index contributed by atoms with van der Waals surface area (Å²) in [5.74, 6) is -0.316. The molecule has 0 fully saturated rings. The fraction of sp³-hybridized carbons (Fsp3) is 0.238. The van der Waals surface area contributed by atoms with E-state index in [-0.39, 0.29) is 5.25 Å². The number of rotatable bonds is 2. The molecule has 126 valence electrons. The first-order valence-corrected chi connectivity index (χ1v) is 9.11. The number of fused-ring (bicyclic) bond motifs is 2. The molecule has 1 unspecified atom stereocenters. The van der Waals surface area contributed by atoms with Crippen LogP contribution in [0.4, 0.5) is 0 Å². The molecule has 0 bridgehead atoms. The lowest BCUT2D eigenvalue weighted by Gasteiger charge is -2.27. The molecule has 2 aliphatic rings. The highest BCUT2D eigenvalue weighted by atomic mass is 32.2. The maximum atomic E-state index is 12.8. The molecule has 2 aromatic carbocycles. The minimum Gasteiger partial charge on any atom is -0.485 e. The molecule has 1 heterocycles. The average molecular weight is 350 g/mol. The lowest BCUT2D eigenvalue weighted by Crippen LogP contribution is -2.35. The van der Waals surface area contributed by atoms with Gasteiger partial charge in [0.25, 0.3) is 0 Å². The molecule has 0 radical (unpaired) electrons. The number of benzene rings is 2. The first kappa shape index (κ1) is 16.2. The second-order valence-electron chi connectivity index (χ2n) is 6.96. The van der Waals surface area contributed by atoms with Crippen LogP contribution < -0.4 is 0 Å². The van der Waals surface area contributed by atoms with E-state index in [1.54, 1.807) is 23.9 Å². The van der Waals surface area contributed by atoms with Crippen LogP contribution in [0.5, 0.6) is 0 Å². The number of carbonyl (C=O) groups is 2. The van der Waals surface area contributed by atoms with Crippen LogP contribution in [0.15, 0.2) is 59.0 Å². The summed E-state index contributed by atoms with van der Waals surface area (Å²) in [6, 6.07) is 15.3. The van der Waals surface area contributed by atoms with Crippen molar-refractivity contribution in [1.29, 1.82) is 0 Å². The predicted molar refractivity (Wildman–Crippen MR) is 98.7 cm³/mol. The van der Waals surface area contributed by atoms with Crippen LogP contribution in [0.3, 0.4) is 0 Å². The van der Waals surface area contributed by atoms with Crippen molar-refractivity contribution < 1.29 is 14.3 Å². The van der Waals surface area contributed by atoms with Crippen molar-refractivity contribution in [2.75, 3.05) is 0 Å². The zero-order valence-electron chi connectivity index (χ0n) is 14.3. The van der Waals surface area contributed by atoms with Gasteiger partial charge in [-0.25, -0.2) is 0 Å². The SMILES string of the molecule is Cc1ccc(SC2C3=C(OC2(C)C)c2ccccc2C(=O)C3=O)cc1. The molecule has 0 saturated carbocycles. The van der Waals surface area contributed by atoms with Crippen LogP contribution in [0, 0.1) is 6.92 Å². The van der Waals surface area contributed by atoms with Crippen LogP contribution in [-0.4, -0.2) is 22.4 Å². The van der Waals surface area contributed by atoms with E-state index < -0.39 is 17.2 Å². The van der Waals surface area contributed by atoms with Crippen LogP contribution in [0.1, 0.15) is 35.3 Å². The van der Waals surface area contributed by atoms with Gasteiger partial charge in [-0.15, -0.1) is 11.8 Å². The smallest absolute Gasteiger partial charge is 0.234 e. The van der Waals surface area contributed by atoms with E-state index in [2.05, 4.69) is 0 Å². The number of carbonyl (C=O) groups excluding carboxylic acids is 2. The van der Waals surface area contributed by atoms with Crippen molar-refractivity contribution >= 4 is 29.1 Å². The quantitative estimate of drug-likeness (QED) is 0.751. The molecular weight excluding hydrogens is 332 g/mol. The summed E-state index contributed by atoms with van der Waals surface area (Å²) < 4.78 is 6.19. The molecule has 0 saturated heterocycles. The second-order valence-corrected chi connectivity index (χ2v) is 8.14. The molecule has 0 aromatic heterocycles. The molecule has 1 aliphatic heterocycles. The Hall–Kier alpha value is -2.33. The van der Waals surface area contributed by atoms with E-state index in [0.717, 1.165) is 10.5 Å². The molecule has 25 heavy (non-hydrogen) atoms. The van der Waals surface area contributed by atoms with Crippen LogP contribution in [0.2, 0.25) is 0 Å². The summed E-state index contributed by atoms with van der Waals surface area (Å²) >= 11 is 1.58. The number of Topliss-reactive ketones (excluding diaryl/α,β-unsaturated/α-hetero) is 2. The molecule has 1 aliphatic carbocycles. The predicted octanol–water partition coefficient (Wildman–Crippen LogP) is 4.44. The zero-order chi connectivity index (χ0) is 17.8. The van der Waals surface area contributed by atoms with Gasteiger partial charge in [0.2, 0.25) is 11.6 Å². The summed E-state index contributed by atoms with van der Waals surface area (Å²) in [6.07, 6.45) is 0. The first-order chi connectivity index (χ1) is 11.9. The Morgan fingerprint density at radius 3 is 2.24 bits per heavy atom. The molecule has 0 N–H and O–H groups in total. The van der Waals surface area contributed by atoms with E-state index in [1.807, 2.05) is 57.2 Å². The fourth-order valence-electron chi connectivity index (χ4n) is 3.34. The van der Waals surface area contributed by atoms with Gasteiger partial charge in [-0.2, -0.15) is 0 Å². The van der Waals surface area contributed by atoms with E-state index in [1.165, 1.54) is 5.56 Å². The Morgan fingerprint density at radius 1 is 0.920 bits per heavy atom. The van der Waals surface area contributed by atoms with Crippen molar-refractivity contribution in [2.24, 2.45) is 0 Å². The van der Waals surface area contributed by atoms with E-state index in [9.17, 15) is 9.59 Å². The largest absolute Gasteiger partial charge is 0.485 e. The Labute approximate surface area is 151 Å². The van der Waals surface area contributed by atoms with Crippen molar-refractivity contribution in [1.82, 2.24) is 0 Å². The Bertz CT molecular complexity index is 922. The summed E-state index contributed by atoms with van der Waals surface area (Å²) in [6.45, 7) is 5.98. The fourth-order valence-corrected chi connectivity index (χ4v) is 4.57. The lowest BCUT2D eigenvalue weighted by molar-refractivity contribution is -0.112. The highest BCUT2D eigenvalue weighted by Crippen LogP contribution is 2.50. The summed E-state index contributed by atoms with van der Waals surface area (Å²) in [7, 11) is 0. The summed E-state index contributed by atoms with van der Waals surface area (Å²) in [5, 5.41) is -0.227. The van der Waals surface area contributed by atoms with Gasteiger partial charge in [0.1, 0.15) is 11.4 Å². The van der Waals surface area contributed by atoms with E-state index >= 15 is 0 Å². The van der Waals surface area contributed by atoms with Crippen LogP contribution in [-0.2, 0) is 9.53 Å². The highest BCUT2D eigenvalue weighted by molar-refractivity contribution is 8.00. The van der Waals surface area contributed by atoms with Crippen LogP contribution in [0.25, 0.3) is 5.76 Å². The summed E-state index contributed by atoms with van der Waals surface area (Å²) in [5.41, 5.74) is 2.27. The van der Waals surface area contributed by atoms with Crippen molar-refractivity contribution in [3.8, 4) is 0 Å². The van der Waals surface area contributed by atoms with Crippen LogP contribution >= 0.6 is 11.8 Å². The molecule has 0 amide bonds.